The quantitative estimate of drug-likeness (QED) is 0.644. The molecule has 0 saturated heterocycles. The summed E-state index contributed by atoms with van der Waals surface area (Å²) in [6, 6.07) is 7.46. The highest BCUT2D eigenvalue weighted by molar-refractivity contribution is 9.10. The second-order valence-corrected chi connectivity index (χ2v) is 2.63. The van der Waals surface area contributed by atoms with Gasteiger partial charge in [0.1, 0.15) is 5.69 Å². The van der Waals surface area contributed by atoms with Gasteiger partial charge in [-0.15, -0.1) is 5.11 Å². The maximum absolute atomic E-state index is 5.05. The van der Waals surface area contributed by atoms with Crippen LogP contribution in [-0.4, -0.2) is 0 Å². The lowest BCUT2D eigenvalue weighted by molar-refractivity contribution is 1.31. The van der Waals surface area contributed by atoms with E-state index < -0.39 is 0 Å². The Morgan fingerprint density at radius 2 is 2.00 bits per heavy atom. The predicted molar refractivity (Wildman–Crippen MR) is 44.5 cm³/mol. The van der Waals surface area contributed by atoms with Gasteiger partial charge in [0.25, 0.3) is 0 Å². The molecule has 10 heavy (non-hydrogen) atoms. The van der Waals surface area contributed by atoms with Crippen molar-refractivity contribution >= 4 is 33.4 Å². The number of halogens is 2. The Morgan fingerprint density at radius 1 is 1.30 bits per heavy atom. The van der Waals surface area contributed by atoms with Gasteiger partial charge in [0.05, 0.1) is 11.8 Å². The summed E-state index contributed by atoms with van der Waals surface area (Å²) >= 11 is 8.33. The van der Waals surface area contributed by atoms with Crippen molar-refractivity contribution in [3.8, 4) is 0 Å². The van der Waals surface area contributed by atoms with Crippen molar-refractivity contribution < 1.29 is 0 Å². The highest BCUT2D eigenvalue weighted by atomic mass is 79.9. The summed E-state index contributed by atoms with van der Waals surface area (Å²) in [6.07, 6.45) is 0. The molecule has 0 atom stereocenters. The Morgan fingerprint density at radius 3 is 2.60 bits per heavy atom. The largest absolute Gasteiger partial charge is 0.137 e. The zero-order chi connectivity index (χ0) is 7.40. The molecule has 0 aliphatic rings. The summed E-state index contributed by atoms with van der Waals surface area (Å²) in [4.78, 5) is 0. The van der Waals surface area contributed by atoms with E-state index in [1.54, 1.807) is 0 Å². The monoisotopic (exact) mass is 218 g/mol. The molecule has 1 aromatic carbocycles. The fraction of sp³-hybridized carbons (Fsp3) is 0. The van der Waals surface area contributed by atoms with E-state index in [0.717, 1.165) is 10.2 Å². The molecule has 0 aliphatic heterocycles. The number of hydrogen-bond donors (Lipinski definition) is 0. The first kappa shape index (κ1) is 7.69. The van der Waals surface area contributed by atoms with Crippen LogP contribution < -0.4 is 0 Å². The van der Waals surface area contributed by atoms with Crippen LogP contribution in [-0.2, 0) is 0 Å². The molecule has 0 heterocycles. The average molecular weight is 219 g/mol. The summed E-state index contributed by atoms with van der Waals surface area (Å²) < 4.78 is 4.02. The Kier molecular flexibility index (Phi) is 2.83. The first-order valence-electron chi connectivity index (χ1n) is 2.61. The van der Waals surface area contributed by atoms with E-state index in [-0.39, 0.29) is 0 Å². The molecule has 0 bridgehead atoms. The van der Waals surface area contributed by atoms with Crippen LogP contribution in [0.3, 0.4) is 0 Å². The van der Waals surface area contributed by atoms with Crippen molar-refractivity contribution in [2.24, 2.45) is 9.75 Å². The van der Waals surface area contributed by atoms with Crippen molar-refractivity contribution in [3.05, 3.63) is 28.7 Å². The summed E-state index contributed by atoms with van der Waals surface area (Å²) in [5.74, 6) is 0. The molecule has 52 valence electrons. The van der Waals surface area contributed by atoms with E-state index in [0.29, 0.717) is 0 Å². The van der Waals surface area contributed by atoms with Gasteiger partial charge in [-0.2, -0.15) is 0 Å². The maximum Gasteiger partial charge on any atom is 0.101 e. The number of nitrogens with zero attached hydrogens (tertiary/aromatic N) is 2. The molecule has 0 unspecified atom stereocenters. The van der Waals surface area contributed by atoms with Crippen LogP contribution in [0.4, 0.5) is 5.69 Å². The fourth-order valence-corrected chi connectivity index (χ4v) is 1.02. The van der Waals surface area contributed by atoms with E-state index in [9.17, 15) is 0 Å². The van der Waals surface area contributed by atoms with E-state index >= 15 is 0 Å². The van der Waals surface area contributed by atoms with Gasteiger partial charge in [-0.25, -0.2) is 0 Å². The van der Waals surface area contributed by atoms with E-state index in [1.807, 2.05) is 24.3 Å². The van der Waals surface area contributed by atoms with Crippen LogP contribution in [0.1, 0.15) is 0 Å². The summed E-state index contributed by atoms with van der Waals surface area (Å²) in [5.41, 5.74) is 0.734. The molecule has 0 N–H and O–H groups in total. The van der Waals surface area contributed by atoms with Gasteiger partial charge < -0.3 is 0 Å². The van der Waals surface area contributed by atoms with Crippen molar-refractivity contribution in [1.29, 1.82) is 0 Å². The number of hydrogen-bond acceptors (Lipinski definition) is 2. The molecule has 0 aromatic heterocycles. The summed E-state index contributed by atoms with van der Waals surface area (Å²) in [5, 5.41) is 3.65. The first-order valence-corrected chi connectivity index (χ1v) is 3.74. The summed E-state index contributed by atoms with van der Waals surface area (Å²) in [7, 11) is 0. The van der Waals surface area contributed by atoms with Crippen LogP contribution in [0, 0.1) is 0 Å². The van der Waals surface area contributed by atoms with Crippen LogP contribution >= 0.6 is 27.7 Å². The topological polar surface area (TPSA) is 24.7 Å². The second-order valence-electron chi connectivity index (χ2n) is 1.63. The van der Waals surface area contributed by atoms with Gasteiger partial charge in [-0.3, -0.25) is 0 Å². The number of rotatable bonds is 1. The highest BCUT2D eigenvalue weighted by Crippen LogP contribution is 2.24. The van der Waals surface area contributed by atoms with Crippen LogP contribution in [0.2, 0.25) is 0 Å². The fourth-order valence-electron chi connectivity index (χ4n) is 0.574. The van der Waals surface area contributed by atoms with Gasteiger partial charge in [-0.05, 0) is 28.1 Å². The molecule has 1 rings (SSSR count). The van der Waals surface area contributed by atoms with Crippen molar-refractivity contribution in [2.75, 3.05) is 0 Å². The van der Waals surface area contributed by atoms with Gasteiger partial charge >= 0.3 is 0 Å². The summed E-state index contributed by atoms with van der Waals surface area (Å²) in [6.45, 7) is 0. The molecule has 2 nitrogen and oxygen atoms in total. The van der Waals surface area contributed by atoms with Crippen LogP contribution in [0.15, 0.2) is 38.5 Å². The maximum atomic E-state index is 5.05. The SMILES string of the molecule is Cl/N=N/c1ccccc1Br. The van der Waals surface area contributed by atoms with Crippen LogP contribution in [0.25, 0.3) is 0 Å². The van der Waals surface area contributed by atoms with Crippen molar-refractivity contribution in [3.63, 3.8) is 0 Å². The van der Waals surface area contributed by atoms with E-state index in [4.69, 9.17) is 11.8 Å². The van der Waals surface area contributed by atoms with Gasteiger partial charge in [-0.1, -0.05) is 16.8 Å². The first-order chi connectivity index (χ1) is 4.84. The Balaban J connectivity index is 3.03. The molecule has 0 fully saturated rings. The molecule has 1 aromatic rings. The zero-order valence-corrected chi connectivity index (χ0v) is 7.30. The number of benzene rings is 1. The third-order valence-corrected chi connectivity index (χ3v) is 1.74. The Bertz CT molecular complexity index is 249. The standard InChI is InChI=1S/C6H4BrClN2/c7-5-3-1-2-4-6(5)9-10-8/h1-4H/b10-9+. The molecule has 0 spiro atoms. The van der Waals surface area contributed by atoms with Crippen molar-refractivity contribution in [1.82, 2.24) is 0 Å². The molecule has 0 radical (unpaired) electrons. The molecule has 0 amide bonds. The van der Waals surface area contributed by atoms with Gasteiger partial charge in [0, 0.05) is 4.47 Å². The molecule has 0 aliphatic carbocycles. The minimum Gasteiger partial charge on any atom is -0.137 e. The lowest BCUT2D eigenvalue weighted by atomic mass is 10.3. The third kappa shape index (κ3) is 1.78. The minimum absolute atomic E-state index is 0.734. The average Bonchev–Trinajstić information content (AvgIpc) is 1.94. The highest BCUT2D eigenvalue weighted by Gasteiger charge is 1.92. The third-order valence-electron chi connectivity index (χ3n) is 0.998. The van der Waals surface area contributed by atoms with E-state index in [1.165, 1.54) is 0 Å². The normalized spacial score (nSPS) is 10.6. The van der Waals surface area contributed by atoms with Gasteiger partial charge in [0.15, 0.2) is 0 Å². The Hall–Kier alpha value is -0.410. The molecule has 4 heteroatoms. The molecular formula is C6H4BrClN2. The smallest absolute Gasteiger partial charge is 0.101 e. The lowest BCUT2D eigenvalue weighted by Crippen LogP contribution is -1.63. The molecular weight excluding hydrogens is 215 g/mol. The Labute approximate surface area is 72.2 Å². The minimum atomic E-state index is 0.734. The molecule has 0 saturated carbocycles. The van der Waals surface area contributed by atoms with Crippen LogP contribution in [0.5, 0.6) is 0 Å². The van der Waals surface area contributed by atoms with E-state index in [2.05, 4.69) is 25.7 Å². The predicted octanol–water partition coefficient (Wildman–Crippen LogP) is 3.69. The zero-order valence-electron chi connectivity index (χ0n) is 4.96. The van der Waals surface area contributed by atoms with Crippen molar-refractivity contribution in [2.45, 2.75) is 0 Å². The lowest BCUT2D eigenvalue weighted by Gasteiger charge is -1.91. The van der Waals surface area contributed by atoms with Gasteiger partial charge in [0.2, 0.25) is 0 Å². The second kappa shape index (κ2) is 3.68.